The highest BCUT2D eigenvalue weighted by molar-refractivity contribution is 5.94. The predicted octanol–water partition coefficient (Wildman–Crippen LogP) is 0.730. The molecule has 10 heteroatoms. The van der Waals surface area contributed by atoms with Crippen LogP contribution in [-0.2, 0) is 19.2 Å². The van der Waals surface area contributed by atoms with Gasteiger partial charge in [0.15, 0.2) is 0 Å². The van der Waals surface area contributed by atoms with E-state index in [1.165, 1.54) is 0 Å². The smallest absolute Gasteiger partial charge is 0.326 e. The molecule has 0 rings (SSSR count). The third-order valence-electron chi connectivity index (χ3n) is 6.16. The van der Waals surface area contributed by atoms with Crippen molar-refractivity contribution in [2.24, 2.45) is 29.2 Å². The molecule has 33 heavy (non-hydrogen) atoms. The molecular formula is C23H45N5O5. The van der Waals surface area contributed by atoms with Crippen molar-refractivity contribution in [1.82, 2.24) is 16.0 Å². The highest BCUT2D eigenvalue weighted by Gasteiger charge is 2.33. The number of amides is 3. The van der Waals surface area contributed by atoms with Crippen LogP contribution in [0.2, 0.25) is 0 Å². The molecular weight excluding hydrogens is 426 g/mol. The standard InChI is InChI=1S/C23H45N5O5/c1-7-14(5)17(25)21(30)26-16(11-9-10-12-24)20(29)28-19(15(6)8-2)22(31)27-18(13(3)4)23(32)33/h13-19H,7-12,24-25H2,1-6H3,(H,26,30)(H,27,31)(H,28,29)(H,32,33). The Balaban J connectivity index is 5.58. The maximum absolute atomic E-state index is 13.1. The molecule has 0 bridgehead atoms. The van der Waals surface area contributed by atoms with Gasteiger partial charge in [-0.05, 0) is 43.6 Å². The molecule has 0 aliphatic rings. The van der Waals surface area contributed by atoms with Gasteiger partial charge in [0.05, 0.1) is 6.04 Å². The van der Waals surface area contributed by atoms with Gasteiger partial charge in [-0.3, -0.25) is 14.4 Å². The van der Waals surface area contributed by atoms with Gasteiger partial charge in [0, 0.05) is 0 Å². The lowest BCUT2D eigenvalue weighted by Gasteiger charge is -2.29. The van der Waals surface area contributed by atoms with Crippen LogP contribution in [0.5, 0.6) is 0 Å². The van der Waals surface area contributed by atoms with Crippen molar-refractivity contribution in [2.45, 2.75) is 97.8 Å². The molecule has 0 saturated carbocycles. The van der Waals surface area contributed by atoms with E-state index in [4.69, 9.17) is 11.5 Å². The molecule has 0 heterocycles. The lowest BCUT2D eigenvalue weighted by atomic mass is 9.95. The average Bonchev–Trinajstić information content (AvgIpc) is 2.77. The number of unbranched alkanes of at least 4 members (excludes halogenated alkanes) is 1. The van der Waals surface area contributed by atoms with Crippen molar-refractivity contribution in [1.29, 1.82) is 0 Å². The zero-order valence-corrected chi connectivity index (χ0v) is 21.0. The zero-order chi connectivity index (χ0) is 25.7. The fourth-order valence-electron chi connectivity index (χ4n) is 3.25. The van der Waals surface area contributed by atoms with Crippen molar-refractivity contribution in [3.8, 4) is 0 Å². The zero-order valence-electron chi connectivity index (χ0n) is 21.0. The van der Waals surface area contributed by atoms with Crippen LogP contribution in [0.3, 0.4) is 0 Å². The first-order valence-electron chi connectivity index (χ1n) is 12.0. The van der Waals surface area contributed by atoms with Crippen LogP contribution in [-0.4, -0.2) is 59.5 Å². The van der Waals surface area contributed by atoms with Crippen LogP contribution in [0.15, 0.2) is 0 Å². The molecule has 0 spiro atoms. The summed E-state index contributed by atoms with van der Waals surface area (Å²) in [7, 11) is 0. The summed E-state index contributed by atoms with van der Waals surface area (Å²) < 4.78 is 0. The molecule has 0 saturated heterocycles. The van der Waals surface area contributed by atoms with Crippen LogP contribution >= 0.6 is 0 Å². The molecule has 0 fully saturated rings. The van der Waals surface area contributed by atoms with E-state index < -0.39 is 47.9 Å². The Morgan fingerprint density at radius 1 is 0.788 bits per heavy atom. The number of nitrogens with one attached hydrogen (secondary N) is 3. The Hall–Kier alpha value is -2.20. The number of nitrogens with two attached hydrogens (primary N) is 2. The molecule has 0 aliphatic heterocycles. The molecule has 10 nitrogen and oxygen atoms in total. The Labute approximate surface area is 198 Å². The maximum Gasteiger partial charge on any atom is 0.326 e. The number of carbonyl (C=O) groups is 4. The molecule has 6 unspecified atom stereocenters. The fraction of sp³-hybridized carbons (Fsp3) is 0.826. The van der Waals surface area contributed by atoms with E-state index in [0.29, 0.717) is 32.2 Å². The van der Waals surface area contributed by atoms with Gasteiger partial charge in [-0.2, -0.15) is 0 Å². The molecule has 0 aromatic rings. The van der Waals surface area contributed by atoms with E-state index in [2.05, 4.69) is 16.0 Å². The summed E-state index contributed by atoms with van der Waals surface area (Å²) in [4.78, 5) is 50.2. The summed E-state index contributed by atoms with van der Waals surface area (Å²) >= 11 is 0. The minimum atomic E-state index is -1.14. The van der Waals surface area contributed by atoms with E-state index in [9.17, 15) is 24.3 Å². The number of aliphatic carboxylic acids is 1. The minimum Gasteiger partial charge on any atom is -0.480 e. The summed E-state index contributed by atoms with van der Waals surface area (Å²) in [5.74, 6) is -3.27. The molecule has 0 radical (unpaired) electrons. The summed E-state index contributed by atoms with van der Waals surface area (Å²) in [6.07, 6.45) is 2.94. The largest absolute Gasteiger partial charge is 0.480 e. The van der Waals surface area contributed by atoms with Crippen LogP contribution < -0.4 is 27.4 Å². The second kappa shape index (κ2) is 15.6. The Bertz CT molecular complexity index is 643. The number of hydrogen-bond donors (Lipinski definition) is 6. The average molecular weight is 472 g/mol. The number of carboxylic acids is 1. The number of carboxylic acid groups (broad SMARTS) is 1. The summed E-state index contributed by atoms with van der Waals surface area (Å²) in [6, 6.07) is -3.65. The van der Waals surface area contributed by atoms with Crippen LogP contribution in [0, 0.1) is 17.8 Å². The predicted molar refractivity (Wildman–Crippen MR) is 128 cm³/mol. The van der Waals surface area contributed by atoms with Crippen LogP contribution in [0.1, 0.15) is 73.6 Å². The van der Waals surface area contributed by atoms with E-state index >= 15 is 0 Å². The SMILES string of the molecule is CCC(C)C(N)C(=O)NC(CCCCN)C(=O)NC(C(=O)NC(C(=O)O)C(C)C)C(C)CC. The van der Waals surface area contributed by atoms with Gasteiger partial charge in [-0.1, -0.05) is 54.4 Å². The summed E-state index contributed by atoms with van der Waals surface area (Å²) in [5.41, 5.74) is 11.6. The topological polar surface area (TPSA) is 177 Å². The number of hydrogen-bond acceptors (Lipinski definition) is 6. The first-order valence-corrected chi connectivity index (χ1v) is 12.0. The molecule has 192 valence electrons. The lowest BCUT2D eigenvalue weighted by Crippen LogP contribution is -2.59. The van der Waals surface area contributed by atoms with Crippen LogP contribution in [0.4, 0.5) is 0 Å². The first-order chi connectivity index (χ1) is 15.4. The van der Waals surface area contributed by atoms with Gasteiger partial charge in [-0.15, -0.1) is 0 Å². The van der Waals surface area contributed by atoms with Gasteiger partial charge in [-0.25, -0.2) is 4.79 Å². The quantitative estimate of drug-likeness (QED) is 0.180. The Kier molecular flexibility index (Phi) is 14.6. The van der Waals surface area contributed by atoms with Crippen molar-refractivity contribution < 1.29 is 24.3 Å². The summed E-state index contributed by atoms with van der Waals surface area (Å²) in [6.45, 7) is 11.3. The minimum absolute atomic E-state index is 0.0552. The highest BCUT2D eigenvalue weighted by Crippen LogP contribution is 2.12. The van der Waals surface area contributed by atoms with Gasteiger partial charge in [0.1, 0.15) is 18.1 Å². The maximum atomic E-state index is 13.1. The second-order valence-corrected chi connectivity index (χ2v) is 9.20. The first kappa shape index (κ1) is 30.8. The lowest BCUT2D eigenvalue weighted by molar-refractivity contribution is -0.144. The normalized spacial score (nSPS) is 16.8. The van der Waals surface area contributed by atoms with Gasteiger partial charge in [0.25, 0.3) is 0 Å². The number of rotatable bonds is 16. The molecule has 8 N–H and O–H groups in total. The Morgan fingerprint density at radius 3 is 1.79 bits per heavy atom. The Morgan fingerprint density at radius 2 is 1.33 bits per heavy atom. The van der Waals surface area contributed by atoms with E-state index in [1.807, 2.05) is 20.8 Å². The molecule has 0 aromatic carbocycles. The second-order valence-electron chi connectivity index (χ2n) is 9.20. The van der Waals surface area contributed by atoms with Crippen molar-refractivity contribution in [3.05, 3.63) is 0 Å². The number of carbonyl (C=O) groups excluding carboxylic acids is 3. The van der Waals surface area contributed by atoms with Gasteiger partial charge < -0.3 is 32.5 Å². The molecule has 3 amide bonds. The van der Waals surface area contributed by atoms with Gasteiger partial charge >= 0.3 is 5.97 Å². The van der Waals surface area contributed by atoms with Crippen molar-refractivity contribution >= 4 is 23.7 Å². The third-order valence-corrected chi connectivity index (χ3v) is 6.16. The van der Waals surface area contributed by atoms with Gasteiger partial charge in [0.2, 0.25) is 17.7 Å². The van der Waals surface area contributed by atoms with Crippen LogP contribution in [0.25, 0.3) is 0 Å². The summed E-state index contributed by atoms with van der Waals surface area (Å²) in [5, 5.41) is 17.4. The monoisotopic (exact) mass is 471 g/mol. The molecule has 0 aromatic heterocycles. The molecule has 0 aliphatic carbocycles. The van der Waals surface area contributed by atoms with Crippen molar-refractivity contribution in [3.63, 3.8) is 0 Å². The van der Waals surface area contributed by atoms with E-state index in [1.54, 1.807) is 20.8 Å². The van der Waals surface area contributed by atoms with Crippen molar-refractivity contribution in [2.75, 3.05) is 6.54 Å². The fourth-order valence-corrected chi connectivity index (χ4v) is 3.25. The highest BCUT2D eigenvalue weighted by atomic mass is 16.4. The molecule has 6 atom stereocenters. The van der Waals surface area contributed by atoms with E-state index in [-0.39, 0.29) is 17.8 Å². The third kappa shape index (κ3) is 10.5. The van der Waals surface area contributed by atoms with E-state index in [0.717, 1.165) is 6.42 Å².